The van der Waals surface area contributed by atoms with Gasteiger partial charge in [0.1, 0.15) is 0 Å². The molecule has 0 aliphatic heterocycles. The first-order valence-corrected chi connectivity index (χ1v) is 10.9. The molecular weight excluding hydrogens is 496 g/mol. The summed E-state index contributed by atoms with van der Waals surface area (Å²) in [5.41, 5.74) is 1.98. The van der Waals surface area contributed by atoms with Gasteiger partial charge < -0.3 is 0 Å². The summed E-state index contributed by atoms with van der Waals surface area (Å²) in [6.45, 7) is 2.16. The number of hydrogen-bond donors (Lipinski definition) is 0. The van der Waals surface area contributed by atoms with Crippen LogP contribution in [0.5, 0.6) is 0 Å². The van der Waals surface area contributed by atoms with Crippen molar-refractivity contribution in [2.45, 2.75) is 11.8 Å². The first kappa shape index (κ1) is 19.6. The van der Waals surface area contributed by atoms with Gasteiger partial charge >= 0.3 is 0 Å². The van der Waals surface area contributed by atoms with E-state index >= 15 is 0 Å². The molecule has 0 saturated carbocycles. The maximum atomic E-state index is 5.97. The Hall–Kier alpha value is -1.14. The largest absolute Gasteiger partial charge is 0.256 e. The van der Waals surface area contributed by atoms with Gasteiger partial charge in [-0.05, 0) is 54.3 Å². The molecule has 0 bridgehead atoms. The topological polar surface area (TPSA) is 25.8 Å². The zero-order valence-electron chi connectivity index (χ0n) is 13.9. The molecule has 0 aliphatic rings. The molecule has 0 fully saturated rings. The summed E-state index contributed by atoms with van der Waals surface area (Å²) in [5.74, 6) is 1.09. The molecule has 0 atom stereocenters. The van der Waals surface area contributed by atoms with Crippen molar-refractivity contribution in [2.24, 2.45) is 0 Å². The fourth-order valence-electron chi connectivity index (χ4n) is 2.46. The third-order valence-corrected chi connectivity index (χ3v) is 5.89. The molecule has 0 amide bonds. The average molecular weight is 511 g/mol. The summed E-state index contributed by atoms with van der Waals surface area (Å²) < 4.78 is 2.13. The monoisotopic (exact) mass is 508 g/mol. The summed E-state index contributed by atoms with van der Waals surface area (Å²) >= 11 is 14.7. The predicted molar refractivity (Wildman–Crippen MR) is 120 cm³/mol. The van der Waals surface area contributed by atoms with Crippen molar-refractivity contribution in [3.05, 3.63) is 74.9 Å². The van der Waals surface area contributed by atoms with E-state index in [2.05, 4.69) is 60.9 Å². The van der Waals surface area contributed by atoms with Crippen molar-refractivity contribution in [3.8, 4) is 0 Å². The zero-order valence-corrected chi connectivity index (χ0v) is 18.7. The van der Waals surface area contributed by atoms with Crippen molar-refractivity contribution < 1.29 is 0 Å². The predicted octanol–water partition coefficient (Wildman–Crippen LogP) is 7.76. The molecule has 0 radical (unpaired) electrons. The minimum Gasteiger partial charge on any atom is -0.256 e. The molecule has 0 unspecified atom stereocenters. The van der Waals surface area contributed by atoms with E-state index in [4.69, 9.17) is 11.6 Å². The molecule has 4 aromatic rings. The van der Waals surface area contributed by atoms with Gasteiger partial charge in [-0.2, -0.15) is 0 Å². The van der Waals surface area contributed by atoms with Crippen molar-refractivity contribution >= 4 is 77.0 Å². The third-order valence-electron chi connectivity index (χ3n) is 3.61. The summed E-state index contributed by atoms with van der Waals surface area (Å²) in [4.78, 5) is 9.81. The molecule has 4 rings (SSSR count). The first-order chi connectivity index (χ1) is 12.6. The summed E-state index contributed by atoms with van der Waals surface area (Å²) in [6.07, 6.45) is 3.58. The highest BCUT2D eigenvalue weighted by Crippen LogP contribution is 2.28. The minimum absolute atomic E-state index is 0.737. The fourth-order valence-corrected chi connectivity index (χ4v) is 4.18. The van der Waals surface area contributed by atoms with Crippen molar-refractivity contribution in [3.63, 3.8) is 0 Å². The summed E-state index contributed by atoms with van der Waals surface area (Å²) in [7, 11) is 0. The highest BCUT2D eigenvalue weighted by Gasteiger charge is 2.02. The van der Waals surface area contributed by atoms with Crippen LogP contribution in [-0.4, -0.2) is 15.7 Å². The molecule has 2 nitrogen and oxygen atoms in total. The lowest BCUT2D eigenvalue weighted by atomic mass is 10.2. The SMILES string of the molecule is CCSc1ccnc2ccc(Br)cc12.Clc1ccnc2ccc(Br)cc12. The van der Waals surface area contributed by atoms with Gasteiger partial charge in [0, 0.05) is 37.0 Å². The quantitative estimate of drug-likeness (QED) is 0.258. The van der Waals surface area contributed by atoms with E-state index in [9.17, 15) is 0 Å². The summed E-state index contributed by atoms with van der Waals surface area (Å²) in [6, 6.07) is 15.9. The van der Waals surface area contributed by atoms with Gasteiger partial charge in [-0.15, -0.1) is 11.8 Å². The lowest BCUT2D eigenvalue weighted by Crippen LogP contribution is -1.82. The van der Waals surface area contributed by atoms with Crippen LogP contribution in [0.1, 0.15) is 6.92 Å². The number of hydrogen-bond acceptors (Lipinski definition) is 3. The van der Waals surface area contributed by atoms with Crippen molar-refractivity contribution in [1.29, 1.82) is 0 Å². The second-order valence-electron chi connectivity index (χ2n) is 5.36. The maximum Gasteiger partial charge on any atom is 0.0717 e. The van der Waals surface area contributed by atoms with Gasteiger partial charge in [0.05, 0.1) is 16.1 Å². The Kier molecular flexibility index (Phi) is 6.92. The number of rotatable bonds is 2. The Morgan fingerprint density at radius 3 is 2.08 bits per heavy atom. The average Bonchev–Trinajstić information content (AvgIpc) is 2.64. The normalized spacial score (nSPS) is 10.6. The number of benzene rings is 2. The Morgan fingerprint density at radius 2 is 1.42 bits per heavy atom. The standard InChI is InChI=1S/C11H10BrNS.C9H5BrClN/c1-2-14-11-5-6-13-10-4-3-8(12)7-9(10)11;10-6-1-2-9-7(5-6)8(11)3-4-12-9/h3-7H,2H2,1H3;1-5H. The smallest absolute Gasteiger partial charge is 0.0717 e. The molecular formula is C20H15Br2ClN2S. The number of aromatic nitrogens is 2. The number of thioether (sulfide) groups is 1. The molecule has 2 heterocycles. The summed E-state index contributed by atoms with van der Waals surface area (Å²) in [5, 5.41) is 2.95. The van der Waals surface area contributed by atoms with Crippen LogP contribution in [0.2, 0.25) is 5.02 Å². The molecule has 2 aromatic heterocycles. The second kappa shape index (κ2) is 9.18. The molecule has 2 aromatic carbocycles. The van der Waals surface area contributed by atoms with E-state index in [1.54, 1.807) is 12.3 Å². The van der Waals surface area contributed by atoms with Gasteiger partial charge in [-0.25, -0.2) is 0 Å². The molecule has 0 N–H and O–H groups in total. The Morgan fingerprint density at radius 1 is 0.846 bits per heavy atom. The van der Waals surface area contributed by atoms with E-state index in [0.717, 1.165) is 36.1 Å². The number of nitrogens with zero attached hydrogens (tertiary/aromatic N) is 2. The van der Waals surface area contributed by atoms with Gasteiger partial charge in [0.2, 0.25) is 0 Å². The third kappa shape index (κ3) is 4.77. The fraction of sp³-hybridized carbons (Fsp3) is 0.100. The van der Waals surface area contributed by atoms with Gasteiger partial charge in [0.15, 0.2) is 0 Å². The van der Waals surface area contributed by atoms with Crippen LogP contribution in [0.25, 0.3) is 21.8 Å². The molecule has 0 saturated heterocycles. The lowest BCUT2D eigenvalue weighted by Gasteiger charge is -2.04. The maximum absolute atomic E-state index is 5.97. The zero-order chi connectivity index (χ0) is 18.5. The minimum atomic E-state index is 0.737. The molecule has 26 heavy (non-hydrogen) atoms. The molecule has 132 valence electrons. The lowest BCUT2D eigenvalue weighted by molar-refractivity contribution is 1.34. The number of pyridine rings is 2. The van der Waals surface area contributed by atoms with Crippen LogP contribution in [0.4, 0.5) is 0 Å². The molecule has 0 aliphatic carbocycles. The van der Waals surface area contributed by atoms with Crippen LogP contribution in [0.3, 0.4) is 0 Å². The van der Waals surface area contributed by atoms with E-state index in [-0.39, 0.29) is 0 Å². The Bertz CT molecular complexity index is 1060. The first-order valence-electron chi connectivity index (χ1n) is 7.95. The van der Waals surface area contributed by atoms with Crippen LogP contribution in [0, 0.1) is 0 Å². The van der Waals surface area contributed by atoms with Gasteiger partial charge in [0.25, 0.3) is 0 Å². The Labute approximate surface area is 178 Å². The molecule has 0 spiro atoms. The Balaban J connectivity index is 0.000000152. The van der Waals surface area contributed by atoms with Crippen molar-refractivity contribution in [1.82, 2.24) is 9.97 Å². The highest BCUT2D eigenvalue weighted by molar-refractivity contribution is 9.10. The van der Waals surface area contributed by atoms with Crippen LogP contribution in [0.15, 0.2) is 74.8 Å². The van der Waals surface area contributed by atoms with Crippen molar-refractivity contribution in [2.75, 3.05) is 5.75 Å². The van der Waals surface area contributed by atoms with E-state index in [0.29, 0.717) is 0 Å². The van der Waals surface area contributed by atoms with Crippen LogP contribution < -0.4 is 0 Å². The van der Waals surface area contributed by atoms with E-state index < -0.39 is 0 Å². The van der Waals surface area contributed by atoms with Crippen LogP contribution >= 0.6 is 55.2 Å². The highest BCUT2D eigenvalue weighted by atomic mass is 79.9. The number of fused-ring (bicyclic) bond motifs is 2. The van der Waals surface area contributed by atoms with Gasteiger partial charge in [-0.3, -0.25) is 9.97 Å². The molecule has 6 heteroatoms. The number of halogens is 3. The van der Waals surface area contributed by atoms with E-state index in [1.807, 2.05) is 48.3 Å². The van der Waals surface area contributed by atoms with Gasteiger partial charge in [-0.1, -0.05) is 50.4 Å². The van der Waals surface area contributed by atoms with E-state index in [1.165, 1.54) is 10.3 Å². The second-order valence-corrected chi connectivity index (χ2v) is 8.90. The van der Waals surface area contributed by atoms with Crippen LogP contribution in [-0.2, 0) is 0 Å².